The normalized spacial score (nSPS) is 22.6. The van der Waals surface area contributed by atoms with E-state index in [1.54, 1.807) is 17.0 Å². The summed E-state index contributed by atoms with van der Waals surface area (Å²) >= 11 is 0. The highest BCUT2D eigenvalue weighted by Gasteiger charge is 2.34. The molecule has 0 aromatic carbocycles. The minimum Gasteiger partial charge on any atom is -0.394 e. The summed E-state index contributed by atoms with van der Waals surface area (Å²) in [6.07, 6.45) is 0.920. The number of nitrogens with two attached hydrogens (primary N) is 1. The molecule has 104 valence electrons. The lowest BCUT2D eigenvalue weighted by atomic mass is 10.0. The van der Waals surface area contributed by atoms with E-state index >= 15 is 0 Å². The van der Waals surface area contributed by atoms with Gasteiger partial charge in [0.1, 0.15) is 5.82 Å². The lowest BCUT2D eigenvalue weighted by molar-refractivity contribution is 0.0648. The molecule has 6 nitrogen and oxygen atoms in total. The number of carbonyl (C=O) groups excluding carboxylic acids is 1. The number of nitrogens with zero attached hydrogens (tertiary/aromatic N) is 2. The van der Waals surface area contributed by atoms with E-state index in [-0.39, 0.29) is 18.6 Å². The number of pyridine rings is 1. The van der Waals surface area contributed by atoms with Crippen molar-refractivity contribution in [1.82, 2.24) is 9.88 Å². The summed E-state index contributed by atoms with van der Waals surface area (Å²) in [5.74, 6) is 6.05. The van der Waals surface area contributed by atoms with E-state index in [4.69, 9.17) is 5.84 Å². The fourth-order valence-electron chi connectivity index (χ4n) is 2.57. The summed E-state index contributed by atoms with van der Waals surface area (Å²) in [7, 11) is 0. The molecule has 2 unspecified atom stereocenters. The van der Waals surface area contributed by atoms with E-state index in [0.29, 0.717) is 23.8 Å². The van der Waals surface area contributed by atoms with Crippen molar-refractivity contribution in [2.24, 2.45) is 11.8 Å². The molecule has 1 aromatic rings. The average Bonchev–Trinajstić information content (AvgIpc) is 2.78. The lowest BCUT2D eigenvalue weighted by Gasteiger charge is -2.25. The predicted octanol–water partition coefficient (Wildman–Crippen LogP) is 0.519. The van der Waals surface area contributed by atoms with Crippen LogP contribution in [0, 0.1) is 12.8 Å². The topological polar surface area (TPSA) is 91.5 Å². The van der Waals surface area contributed by atoms with Crippen LogP contribution in [0.5, 0.6) is 0 Å². The molecule has 1 aliphatic heterocycles. The largest absolute Gasteiger partial charge is 0.394 e. The van der Waals surface area contributed by atoms with Crippen molar-refractivity contribution in [1.29, 1.82) is 0 Å². The third-order valence-corrected chi connectivity index (χ3v) is 3.68. The van der Waals surface area contributed by atoms with Gasteiger partial charge in [-0.2, -0.15) is 0 Å². The van der Waals surface area contributed by atoms with Crippen molar-refractivity contribution in [2.45, 2.75) is 26.3 Å². The number of hydrazine groups is 1. The van der Waals surface area contributed by atoms with Gasteiger partial charge >= 0.3 is 0 Å². The van der Waals surface area contributed by atoms with Crippen LogP contribution in [0.4, 0.5) is 5.82 Å². The fourth-order valence-corrected chi connectivity index (χ4v) is 2.57. The summed E-state index contributed by atoms with van der Waals surface area (Å²) in [6, 6.07) is 3.27. The van der Waals surface area contributed by atoms with E-state index in [9.17, 15) is 9.90 Å². The first-order chi connectivity index (χ1) is 9.06. The van der Waals surface area contributed by atoms with E-state index in [1.807, 2.05) is 6.92 Å². The maximum Gasteiger partial charge on any atom is 0.254 e. The predicted molar refractivity (Wildman–Crippen MR) is 72.5 cm³/mol. The number of likely N-dealkylation sites (tertiary alicyclic amines) is 1. The number of aryl methyl sites for hydroxylation is 1. The van der Waals surface area contributed by atoms with E-state index in [0.717, 1.165) is 12.1 Å². The van der Waals surface area contributed by atoms with Gasteiger partial charge in [-0.15, -0.1) is 0 Å². The number of amides is 1. The number of nitrogens with one attached hydrogen (secondary N) is 1. The van der Waals surface area contributed by atoms with Crippen molar-refractivity contribution in [3.8, 4) is 0 Å². The smallest absolute Gasteiger partial charge is 0.254 e. The number of nitrogen functional groups attached to an aromatic ring is 1. The van der Waals surface area contributed by atoms with Gasteiger partial charge in [-0.05, 0) is 31.4 Å². The highest BCUT2D eigenvalue weighted by atomic mass is 16.3. The highest BCUT2D eigenvalue weighted by molar-refractivity contribution is 5.95. The number of hydrogen-bond donors (Lipinski definition) is 3. The van der Waals surface area contributed by atoms with Crippen LogP contribution in [-0.4, -0.2) is 40.1 Å². The molecule has 2 atom stereocenters. The molecule has 1 saturated heterocycles. The van der Waals surface area contributed by atoms with E-state index in [2.05, 4.69) is 17.3 Å². The van der Waals surface area contributed by atoms with Gasteiger partial charge in [0, 0.05) is 17.8 Å². The van der Waals surface area contributed by atoms with Crippen molar-refractivity contribution in [3.05, 3.63) is 23.4 Å². The first-order valence-corrected chi connectivity index (χ1v) is 6.44. The Hall–Kier alpha value is -1.66. The van der Waals surface area contributed by atoms with Gasteiger partial charge < -0.3 is 15.4 Å². The first-order valence-electron chi connectivity index (χ1n) is 6.44. The summed E-state index contributed by atoms with van der Waals surface area (Å²) in [6.45, 7) is 4.55. The van der Waals surface area contributed by atoms with Crippen LogP contribution in [0.15, 0.2) is 12.1 Å². The zero-order valence-electron chi connectivity index (χ0n) is 11.3. The molecule has 0 saturated carbocycles. The number of hydrogen-bond acceptors (Lipinski definition) is 5. The third-order valence-electron chi connectivity index (χ3n) is 3.68. The molecular weight excluding hydrogens is 244 g/mol. The highest BCUT2D eigenvalue weighted by Crippen LogP contribution is 2.25. The van der Waals surface area contributed by atoms with Crippen LogP contribution in [0.25, 0.3) is 0 Å². The number of anilines is 1. The van der Waals surface area contributed by atoms with E-state index in [1.165, 1.54) is 0 Å². The van der Waals surface area contributed by atoms with Gasteiger partial charge in [-0.3, -0.25) is 4.79 Å². The Balaban J connectivity index is 2.26. The Morgan fingerprint density at radius 3 is 3.00 bits per heavy atom. The van der Waals surface area contributed by atoms with Crippen LogP contribution < -0.4 is 11.3 Å². The van der Waals surface area contributed by atoms with Gasteiger partial charge in [-0.1, -0.05) is 6.92 Å². The van der Waals surface area contributed by atoms with Gasteiger partial charge in [0.25, 0.3) is 5.91 Å². The zero-order chi connectivity index (χ0) is 14.0. The van der Waals surface area contributed by atoms with Crippen LogP contribution in [0.2, 0.25) is 0 Å². The van der Waals surface area contributed by atoms with Gasteiger partial charge in [-0.25, -0.2) is 10.8 Å². The Morgan fingerprint density at radius 1 is 1.63 bits per heavy atom. The third kappa shape index (κ3) is 2.69. The minimum atomic E-state index is -0.102. The molecule has 2 heterocycles. The van der Waals surface area contributed by atoms with Crippen molar-refractivity contribution in [3.63, 3.8) is 0 Å². The van der Waals surface area contributed by atoms with Crippen molar-refractivity contribution in [2.75, 3.05) is 18.6 Å². The van der Waals surface area contributed by atoms with Crippen LogP contribution in [0.1, 0.15) is 29.4 Å². The Labute approximate surface area is 112 Å². The summed E-state index contributed by atoms with van der Waals surface area (Å²) in [5, 5.41) is 9.42. The molecular formula is C13H20N4O2. The molecule has 6 heteroatoms. The second-order valence-electron chi connectivity index (χ2n) is 5.04. The molecule has 0 radical (unpaired) electrons. The summed E-state index contributed by atoms with van der Waals surface area (Å²) in [5.41, 5.74) is 3.73. The Morgan fingerprint density at radius 2 is 2.37 bits per heavy atom. The van der Waals surface area contributed by atoms with Crippen LogP contribution in [0.3, 0.4) is 0 Å². The molecule has 1 fully saturated rings. The quantitative estimate of drug-likeness (QED) is 0.547. The maximum atomic E-state index is 12.5. The van der Waals surface area contributed by atoms with Crippen LogP contribution >= 0.6 is 0 Å². The average molecular weight is 264 g/mol. The molecule has 4 N–H and O–H groups in total. The molecule has 1 aliphatic rings. The van der Waals surface area contributed by atoms with Gasteiger partial charge in [0.2, 0.25) is 0 Å². The number of rotatable bonds is 3. The Bertz CT molecular complexity index is 478. The summed E-state index contributed by atoms with van der Waals surface area (Å²) < 4.78 is 0. The number of aliphatic hydroxyl groups excluding tert-OH is 1. The summed E-state index contributed by atoms with van der Waals surface area (Å²) in [4.78, 5) is 18.4. The second-order valence-corrected chi connectivity index (χ2v) is 5.04. The van der Waals surface area contributed by atoms with Gasteiger partial charge in [0.05, 0.1) is 12.6 Å². The monoisotopic (exact) mass is 264 g/mol. The molecule has 19 heavy (non-hydrogen) atoms. The SMILES string of the molecule is Cc1cc(C(=O)N2CCC(C)C2CO)cc(NN)n1. The fraction of sp³-hybridized carbons (Fsp3) is 0.538. The minimum absolute atomic E-state index is 0.00102. The molecule has 2 rings (SSSR count). The molecule has 1 amide bonds. The molecule has 0 bridgehead atoms. The Kier molecular flexibility index (Phi) is 4.01. The number of aromatic nitrogens is 1. The standard InChI is InChI=1S/C13H20N4O2/c1-8-3-4-17(11(8)7-18)13(19)10-5-9(2)15-12(6-10)16-14/h5-6,8,11,18H,3-4,7,14H2,1-2H3,(H,15,16). The lowest BCUT2D eigenvalue weighted by Crippen LogP contribution is -2.39. The first kappa shape index (κ1) is 13.8. The number of aliphatic hydroxyl groups is 1. The number of carbonyl (C=O) groups is 1. The van der Waals surface area contributed by atoms with Crippen molar-refractivity contribution < 1.29 is 9.90 Å². The molecule has 1 aromatic heterocycles. The van der Waals surface area contributed by atoms with E-state index < -0.39 is 0 Å². The molecule has 0 aliphatic carbocycles. The maximum absolute atomic E-state index is 12.5. The van der Waals surface area contributed by atoms with Gasteiger partial charge in [0.15, 0.2) is 0 Å². The van der Waals surface area contributed by atoms with Crippen molar-refractivity contribution >= 4 is 11.7 Å². The molecule has 0 spiro atoms. The van der Waals surface area contributed by atoms with Crippen LogP contribution in [-0.2, 0) is 0 Å². The second kappa shape index (κ2) is 5.54. The zero-order valence-corrected chi connectivity index (χ0v) is 11.3.